The van der Waals surface area contributed by atoms with Crippen molar-refractivity contribution in [1.29, 1.82) is 0 Å². The zero-order valence-electron chi connectivity index (χ0n) is 20.2. The number of nitrogens with zero attached hydrogens (tertiary/aromatic N) is 1. The minimum atomic E-state index is -0.142. The van der Waals surface area contributed by atoms with Crippen LogP contribution in [-0.4, -0.2) is 12.6 Å². The molecule has 0 bridgehead atoms. The Balaban J connectivity index is 1.24. The van der Waals surface area contributed by atoms with Gasteiger partial charge in [0, 0.05) is 18.3 Å². The number of hydrogen-bond donors (Lipinski definition) is 1. The summed E-state index contributed by atoms with van der Waals surface area (Å²) in [5.41, 5.74) is 5.03. The molecule has 0 aromatic heterocycles. The highest BCUT2D eigenvalue weighted by atomic mass is 16.5. The number of fused-ring (bicyclic) bond motifs is 1. The molecule has 0 atom stereocenters. The molecule has 4 aromatic rings. The predicted molar refractivity (Wildman–Crippen MR) is 144 cm³/mol. The van der Waals surface area contributed by atoms with Gasteiger partial charge in [-0.15, -0.1) is 0 Å². The second-order valence-corrected chi connectivity index (χ2v) is 8.90. The van der Waals surface area contributed by atoms with E-state index in [0.717, 1.165) is 53.3 Å². The quantitative estimate of drug-likeness (QED) is 0.305. The molecule has 0 aliphatic carbocycles. The highest BCUT2D eigenvalue weighted by Gasteiger charge is 2.22. The number of aryl methyl sites for hydroxylation is 1. The van der Waals surface area contributed by atoms with Crippen molar-refractivity contribution < 1.29 is 14.3 Å². The molecule has 4 aromatic carbocycles. The number of carbonyl (C=O) groups excluding carboxylic acids is 1. The number of ether oxygens (including phenoxy) is 2. The maximum atomic E-state index is 13.3. The van der Waals surface area contributed by atoms with E-state index < -0.39 is 0 Å². The highest BCUT2D eigenvalue weighted by molar-refractivity contribution is 6.02. The molecule has 1 heterocycles. The number of anilines is 2. The fraction of sp³-hybridized carbons (Fsp3) is 0.194. The SMILES string of the molecule is O=C(Nc1ccc(OCc2ccccc2)cc1)N1CCCCc2ccc(OCc3ccccc3)cc21. The number of benzene rings is 4. The summed E-state index contributed by atoms with van der Waals surface area (Å²) in [6.45, 7) is 1.66. The number of rotatable bonds is 7. The highest BCUT2D eigenvalue weighted by Crippen LogP contribution is 2.31. The van der Waals surface area contributed by atoms with E-state index in [1.54, 1.807) is 0 Å². The summed E-state index contributed by atoms with van der Waals surface area (Å²) in [6, 6.07) is 33.6. The van der Waals surface area contributed by atoms with E-state index in [0.29, 0.717) is 19.8 Å². The lowest BCUT2D eigenvalue weighted by Crippen LogP contribution is -2.35. The molecule has 0 saturated carbocycles. The van der Waals surface area contributed by atoms with Gasteiger partial charge in [0.25, 0.3) is 0 Å². The Kier molecular flexibility index (Phi) is 7.47. The molecule has 1 aliphatic rings. The van der Waals surface area contributed by atoms with Gasteiger partial charge >= 0.3 is 6.03 Å². The van der Waals surface area contributed by atoms with Crippen molar-refractivity contribution in [3.8, 4) is 11.5 Å². The first-order valence-corrected chi connectivity index (χ1v) is 12.4. The summed E-state index contributed by atoms with van der Waals surface area (Å²) in [4.78, 5) is 15.1. The van der Waals surface area contributed by atoms with Crippen LogP contribution in [-0.2, 0) is 19.6 Å². The average molecular weight is 479 g/mol. The van der Waals surface area contributed by atoms with Gasteiger partial charge in [0.05, 0.1) is 5.69 Å². The van der Waals surface area contributed by atoms with Gasteiger partial charge in [-0.3, -0.25) is 4.90 Å². The van der Waals surface area contributed by atoms with Crippen LogP contribution in [0.15, 0.2) is 103 Å². The Morgan fingerprint density at radius 1 is 0.722 bits per heavy atom. The third-order valence-corrected chi connectivity index (χ3v) is 6.27. The summed E-state index contributed by atoms with van der Waals surface area (Å²) < 4.78 is 11.9. The third-order valence-electron chi connectivity index (χ3n) is 6.27. The van der Waals surface area contributed by atoms with Crippen LogP contribution in [0.25, 0.3) is 0 Å². The van der Waals surface area contributed by atoms with Crippen molar-refractivity contribution in [3.05, 3.63) is 120 Å². The van der Waals surface area contributed by atoms with Crippen molar-refractivity contribution in [2.45, 2.75) is 32.5 Å². The Morgan fingerprint density at radius 3 is 2.00 bits per heavy atom. The van der Waals surface area contributed by atoms with Gasteiger partial charge in [-0.05, 0) is 66.3 Å². The second-order valence-electron chi connectivity index (χ2n) is 8.90. The molecule has 0 unspecified atom stereocenters. The van der Waals surface area contributed by atoms with Crippen molar-refractivity contribution in [3.63, 3.8) is 0 Å². The number of nitrogens with one attached hydrogen (secondary N) is 1. The minimum Gasteiger partial charge on any atom is -0.489 e. The summed E-state index contributed by atoms with van der Waals surface area (Å²) in [6.07, 6.45) is 2.95. The largest absolute Gasteiger partial charge is 0.489 e. The topological polar surface area (TPSA) is 50.8 Å². The van der Waals surface area contributed by atoms with E-state index in [1.807, 2.05) is 102 Å². The smallest absolute Gasteiger partial charge is 0.326 e. The summed E-state index contributed by atoms with van der Waals surface area (Å²) in [7, 11) is 0. The van der Waals surface area contributed by atoms with Crippen LogP contribution < -0.4 is 19.7 Å². The van der Waals surface area contributed by atoms with E-state index >= 15 is 0 Å². The molecule has 0 saturated heterocycles. The molecular weight excluding hydrogens is 448 g/mol. The Morgan fingerprint density at radius 2 is 1.33 bits per heavy atom. The zero-order valence-corrected chi connectivity index (χ0v) is 20.2. The molecule has 182 valence electrons. The van der Waals surface area contributed by atoms with Crippen LogP contribution in [0.5, 0.6) is 11.5 Å². The van der Waals surface area contributed by atoms with Crippen LogP contribution in [0, 0.1) is 0 Å². The van der Waals surface area contributed by atoms with Crippen LogP contribution >= 0.6 is 0 Å². The lowest BCUT2D eigenvalue weighted by Gasteiger charge is -2.24. The van der Waals surface area contributed by atoms with Gasteiger partial charge in [-0.2, -0.15) is 0 Å². The molecule has 2 amide bonds. The first-order valence-electron chi connectivity index (χ1n) is 12.4. The minimum absolute atomic E-state index is 0.142. The van der Waals surface area contributed by atoms with E-state index in [9.17, 15) is 4.79 Å². The summed E-state index contributed by atoms with van der Waals surface area (Å²) in [5.74, 6) is 1.52. The van der Waals surface area contributed by atoms with Crippen molar-refractivity contribution in [2.24, 2.45) is 0 Å². The lowest BCUT2D eigenvalue weighted by molar-refractivity contribution is 0.257. The summed E-state index contributed by atoms with van der Waals surface area (Å²) >= 11 is 0. The van der Waals surface area contributed by atoms with Crippen molar-refractivity contribution >= 4 is 17.4 Å². The number of amides is 2. The van der Waals surface area contributed by atoms with Crippen LogP contribution in [0.3, 0.4) is 0 Å². The normalized spacial score (nSPS) is 12.8. The standard InChI is InChI=1S/C31H30N2O3/c34-31(32-27-15-18-28(19-16-27)35-22-24-9-3-1-4-10-24)33-20-8-7-13-26-14-17-29(21-30(26)33)36-23-25-11-5-2-6-12-25/h1-6,9-12,14-19,21H,7-8,13,20,22-23H2,(H,32,34). The van der Waals surface area contributed by atoms with Crippen molar-refractivity contribution in [2.75, 3.05) is 16.8 Å². The molecule has 5 rings (SSSR count). The molecule has 1 aliphatic heterocycles. The van der Waals surface area contributed by atoms with Gasteiger partial charge in [0.15, 0.2) is 0 Å². The fourth-order valence-electron chi connectivity index (χ4n) is 4.32. The molecule has 5 nitrogen and oxygen atoms in total. The number of carbonyl (C=O) groups is 1. The molecule has 0 spiro atoms. The average Bonchev–Trinajstić information content (AvgIpc) is 3.15. The maximum Gasteiger partial charge on any atom is 0.326 e. The maximum absolute atomic E-state index is 13.3. The number of hydrogen-bond acceptors (Lipinski definition) is 3. The van der Waals surface area contributed by atoms with Gasteiger partial charge in [0.1, 0.15) is 24.7 Å². The summed E-state index contributed by atoms with van der Waals surface area (Å²) in [5, 5.41) is 3.05. The molecule has 5 heteroatoms. The van der Waals surface area contributed by atoms with Gasteiger partial charge in [0.2, 0.25) is 0 Å². The molecular formula is C31H30N2O3. The Labute approximate surface area is 212 Å². The molecule has 1 N–H and O–H groups in total. The van der Waals surface area contributed by atoms with Crippen LogP contribution in [0.4, 0.5) is 16.2 Å². The first-order chi connectivity index (χ1) is 17.7. The van der Waals surface area contributed by atoms with E-state index in [-0.39, 0.29) is 6.03 Å². The monoisotopic (exact) mass is 478 g/mol. The zero-order chi connectivity index (χ0) is 24.6. The predicted octanol–water partition coefficient (Wildman–Crippen LogP) is 7.22. The second kappa shape index (κ2) is 11.5. The molecule has 0 fully saturated rings. The van der Waals surface area contributed by atoms with Gasteiger partial charge in [-0.1, -0.05) is 66.7 Å². The Hall–Kier alpha value is -4.25. The van der Waals surface area contributed by atoms with Gasteiger partial charge < -0.3 is 14.8 Å². The van der Waals surface area contributed by atoms with Crippen LogP contribution in [0.1, 0.15) is 29.5 Å². The molecule has 0 radical (unpaired) electrons. The van der Waals surface area contributed by atoms with E-state index in [2.05, 4.69) is 11.4 Å². The van der Waals surface area contributed by atoms with E-state index in [1.165, 1.54) is 5.56 Å². The molecule has 36 heavy (non-hydrogen) atoms. The van der Waals surface area contributed by atoms with Crippen molar-refractivity contribution in [1.82, 2.24) is 0 Å². The lowest BCUT2D eigenvalue weighted by atomic mass is 10.1. The Bertz CT molecular complexity index is 1270. The van der Waals surface area contributed by atoms with E-state index in [4.69, 9.17) is 9.47 Å². The third kappa shape index (κ3) is 6.05. The first kappa shape index (κ1) is 23.5. The van der Waals surface area contributed by atoms with Crippen LogP contribution in [0.2, 0.25) is 0 Å². The number of urea groups is 1. The van der Waals surface area contributed by atoms with Gasteiger partial charge in [-0.25, -0.2) is 4.79 Å². The fourth-order valence-corrected chi connectivity index (χ4v) is 4.32.